The van der Waals surface area contributed by atoms with Crippen LogP contribution in [-0.4, -0.2) is 61.1 Å². The Kier molecular flexibility index (Phi) is 6.67. The predicted octanol–water partition coefficient (Wildman–Crippen LogP) is 2.14. The summed E-state index contributed by atoms with van der Waals surface area (Å²) in [4.78, 5) is 28.3. The summed E-state index contributed by atoms with van der Waals surface area (Å²) >= 11 is 0. The van der Waals surface area contributed by atoms with Crippen LogP contribution in [0.1, 0.15) is 26.3 Å². The van der Waals surface area contributed by atoms with Crippen LogP contribution in [0.25, 0.3) is 0 Å². The summed E-state index contributed by atoms with van der Waals surface area (Å²) in [5.74, 6) is 1.28. The number of methoxy groups -OCH3 is 1. The summed E-state index contributed by atoms with van der Waals surface area (Å²) in [5.41, 5.74) is 1.13. The van der Waals surface area contributed by atoms with Crippen LogP contribution >= 0.6 is 0 Å². The van der Waals surface area contributed by atoms with Crippen molar-refractivity contribution in [3.05, 3.63) is 29.8 Å². The number of nitrogens with one attached hydrogen (secondary N) is 1. The van der Waals surface area contributed by atoms with Crippen molar-refractivity contribution in [3.8, 4) is 5.75 Å². The van der Waals surface area contributed by atoms with E-state index in [2.05, 4.69) is 19.2 Å². The lowest BCUT2D eigenvalue weighted by Crippen LogP contribution is -2.60. The third kappa shape index (κ3) is 5.11. The van der Waals surface area contributed by atoms with Crippen LogP contribution in [0.4, 0.5) is 4.79 Å². The molecule has 0 aromatic heterocycles. The Bertz CT molecular complexity index is 586. The number of nitrogens with zero attached hydrogens (tertiary/aromatic N) is 2. The minimum Gasteiger partial charge on any atom is -0.497 e. The van der Waals surface area contributed by atoms with Crippen LogP contribution in [0.15, 0.2) is 24.3 Å². The number of hydrogen-bond acceptors (Lipinski definition) is 3. The molecule has 1 aliphatic heterocycles. The molecule has 25 heavy (non-hydrogen) atoms. The average Bonchev–Trinajstić information content (AvgIpc) is 2.59. The Labute approximate surface area is 150 Å². The zero-order valence-electron chi connectivity index (χ0n) is 15.6. The molecule has 0 unspecified atom stereocenters. The molecule has 1 heterocycles. The minimum absolute atomic E-state index is 0.0326. The van der Waals surface area contributed by atoms with E-state index < -0.39 is 6.04 Å². The molecule has 1 N–H and O–H groups in total. The van der Waals surface area contributed by atoms with E-state index in [1.165, 1.54) is 0 Å². The van der Waals surface area contributed by atoms with Gasteiger partial charge >= 0.3 is 6.03 Å². The Balaban J connectivity index is 1.81. The van der Waals surface area contributed by atoms with E-state index in [1.54, 1.807) is 18.9 Å². The molecule has 0 aliphatic carbocycles. The van der Waals surface area contributed by atoms with E-state index in [4.69, 9.17) is 4.74 Å². The Morgan fingerprint density at radius 3 is 2.56 bits per heavy atom. The highest BCUT2D eigenvalue weighted by Crippen LogP contribution is 2.14. The number of urea groups is 1. The van der Waals surface area contributed by atoms with Gasteiger partial charge in [-0.1, -0.05) is 26.0 Å². The summed E-state index contributed by atoms with van der Waals surface area (Å²) in [7, 11) is 1.64. The second-order valence-corrected chi connectivity index (χ2v) is 6.88. The zero-order chi connectivity index (χ0) is 18.4. The first-order valence-electron chi connectivity index (χ1n) is 8.88. The number of rotatable bonds is 6. The quantitative estimate of drug-likeness (QED) is 0.857. The SMILES string of the molecule is COc1ccc(CCNC(=O)N2CCN(CC(C)C)C(=O)[C@@H]2C)cc1. The second-order valence-electron chi connectivity index (χ2n) is 6.88. The molecule has 0 bridgehead atoms. The minimum atomic E-state index is -0.409. The maximum Gasteiger partial charge on any atom is 0.318 e. The van der Waals surface area contributed by atoms with Crippen molar-refractivity contribution in [2.24, 2.45) is 5.92 Å². The van der Waals surface area contributed by atoms with Crippen molar-refractivity contribution < 1.29 is 14.3 Å². The molecule has 1 saturated heterocycles. The van der Waals surface area contributed by atoms with Gasteiger partial charge in [0.25, 0.3) is 0 Å². The maximum absolute atomic E-state index is 12.4. The van der Waals surface area contributed by atoms with Gasteiger partial charge in [-0.05, 0) is 37.0 Å². The number of ether oxygens (including phenoxy) is 1. The Hall–Kier alpha value is -2.24. The molecule has 0 saturated carbocycles. The lowest BCUT2D eigenvalue weighted by Gasteiger charge is -2.39. The molecule has 1 aliphatic rings. The standard InChI is InChI=1S/C19H29N3O3/c1-14(2)13-21-11-12-22(15(3)18(21)23)19(24)20-10-9-16-5-7-17(25-4)8-6-16/h5-8,14-15H,9-13H2,1-4H3,(H,20,24)/t15-/m0/s1. The third-order valence-corrected chi connectivity index (χ3v) is 4.44. The van der Waals surface area contributed by atoms with Gasteiger partial charge in [-0.3, -0.25) is 4.79 Å². The highest BCUT2D eigenvalue weighted by atomic mass is 16.5. The van der Waals surface area contributed by atoms with Crippen LogP contribution in [0.3, 0.4) is 0 Å². The van der Waals surface area contributed by atoms with E-state index >= 15 is 0 Å². The summed E-state index contributed by atoms with van der Waals surface area (Å²) in [6.45, 7) is 8.46. The fraction of sp³-hybridized carbons (Fsp3) is 0.579. The number of amides is 3. The monoisotopic (exact) mass is 347 g/mol. The predicted molar refractivity (Wildman–Crippen MR) is 97.7 cm³/mol. The van der Waals surface area contributed by atoms with Gasteiger partial charge in [-0.15, -0.1) is 0 Å². The molecule has 138 valence electrons. The number of benzene rings is 1. The molecule has 2 rings (SSSR count). The fourth-order valence-corrected chi connectivity index (χ4v) is 3.04. The molecular weight excluding hydrogens is 318 g/mol. The van der Waals surface area contributed by atoms with Crippen molar-refractivity contribution in [1.82, 2.24) is 15.1 Å². The van der Waals surface area contributed by atoms with Gasteiger partial charge in [0.1, 0.15) is 11.8 Å². The van der Waals surface area contributed by atoms with E-state index in [-0.39, 0.29) is 11.9 Å². The molecule has 6 nitrogen and oxygen atoms in total. The van der Waals surface area contributed by atoms with E-state index in [1.807, 2.05) is 29.2 Å². The first-order valence-corrected chi connectivity index (χ1v) is 8.88. The number of hydrogen-bond donors (Lipinski definition) is 1. The molecule has 0 radical (unpaired) electrons. The van der Waals surface area contributed by atoms with Gasteiger partial charge in [-0.25, -0.2) is 4.79 Å². The molecule has 0 spiro atoms. The van der Waals surface area contributed by atoms with Crippen molar-refractivity contribution in [2.45, 2.75) is 33.2 Å². The van der Waals surface area contributed by atoms with Gasteiger partial charge in [0.15, 0.2) is 0 Å². The van der Waals surface area contributed by atoms with E-state index in [9.17, 15) is 9.59 Å². The molecule has 1 aromatic carbocycles. The number of carbonyl (C=O) groups excluding carboxylic acids is 2. The first-order chi connectivity index (χ1) is 11.9. The van der Waals surface area contributed by atoms with Gasteiger partial charge in [0, 0.05) is 26.2 Å². The van der Waals surface area contributed by atoms with Crippen LogP contribution in [0.2, 0.25) is 0 Å². The highest BCUT2D eigenvalue weighted by molar-refractivity contribution is 5.88. The maximum atomic E-state index is 12.4. The van der Waals surface area contributed by atoms with Crippen LogP contribution < -0.4 is 10.1 Å². The summed E-state index contributed by atoms with van der Waals surface area (Å²) in [6, 6.07) is 7.22. The van der Waals surface area contributed by atoms with Crippen molar-refractivity contribution in [3.63, 3.8) is 0 Å². The van der Waals surface area contributed by atoms with Gasteiger partial charge in [0.2, 0.25) is 5.91 Å². The summed E-state index contributed by atoms with van der Waals surface area (Å²) in [6.07, 6.45) is 0.741. The summed E-state index contributed by atoms with van der Waals surface area (Å²) < 4.78 is 5.13. The molecule has 6 heteroatoms. The normalized spacial score (nSPS) is 17.8. The molecular formula is C19H29N3O3. The second kappa shape index (κ2) is 8.74. The lowest BCUT2D eigenvalue weighted by atomic mass is 10.1. The molecule has 1 aromatic rings. The van der Waals surface area contributed by atoms with Gasteiger partial charge in [0.05, 0.1) is 7.11 Å². The number of piperazine rings is 1. The van der Waals surface area contributed by atoms with Crippen molar-refractivity contribution in [1.29, 1.82) is 0 Å². The molecule has 1 fully saturated rings. The van der Waals surface area contributed by atoms with Crippen molar-refractivity contribution in [2.75, 3.05) is 33.3 Å². The topological polar surface area (TPSA) is 61.9 Å². The van der Waals surface area contributed by atoms with Crippen LogP contribution in [0, 0.1) is 5.92 Å². The number of carbonyl (C=O) groups is 2. The fourth-order valence-electron chi connectivity index (χ4n) is 3.04. The third-order valence-electron chi connectivity index (χ3n) is 4.44. The summed E-state index contributed by atoms with van der Waals surface area (Å²) in [5, 5.41) is 2.92. The molecule has 1 atom stereocenters. The van der Waals surface area contributed by atoms with Gasteiger partial charge < -0.3 is 19.9 Å². The first kappa shape index (κ1) is 19.1. The van der Waals surface area contributed by atoms with Crippen LogP contribution in [0.5, 0.6) is 5.75 Å². The van der Waals surface area contributed by atoms with E-state index in [0.29, 0.717) is 25.6 Å². The van der Waals surface area contributed by atoms with E-state index in [0.717, 1.165) is 24.3 Å². The lowest BCUT2D eigenvalue weighted by molar-refractivity contribution is -0.139. The zero-order valence-corrected chi connectivity index (χ0v) is 15.6. The van der Waals surface area contributed by atoms with Gasteiger partial charge in [-0.2, -0.15) is 0 Å². The van der Waals surface area contributed by atoms with Crippen LogP contribution in [-0.2, 0) is 11.2 Å². The Morgan fingerprint density at radius 2 is 1.96 bits per heavy atom. The smallest absolute Gasteiger partial charge is 0.318 e. The Morgan fingerprint density at radius 1 is 1.28 bits per heavy atom. The van der Waals surface area contributed by atoms with Crippen molar-refractivity contribution >= 4 is 11.9 Å². The molecule has 3 amide bonds. The highest BCUT2D eigenvalue weighted by Gasteiger charge is 2.34. The average molecular weight is 347 g/mol. The largest absolute Gasteiger partial charge is 0.497 e.